The van der Waals surface area contributed by atoms with Crippen LogP contribution in [0.15, 0.2) is 51.8 Å². The second kappa shape index (κ2) is 8.71. The average Bonchev–Trinajstić information content (AvgIpc) is 3.33. The molecule has 3 heterocycles. The number of thiophene rings is 1. The fourth-order valence-electron chi connectivity index (χ4n) is 3.22. The lowest BCUT2D eigenvalue weighted by molar-refractivity contribution is -0.116. The first-order valence-electron chi connectivity index (χ1n) is 9.33. The number of anilines is 1. The fourth-order valence-corrected chi connectivity index (χ4v) is 5.93. The van der Waals surface area contributed by atoms with E-state index in [0.29, 0.717) is 11.0 Å². The molecular formula is C20H22N4OS3. The standard InChI is InChI=1S/C20H22N4OS3/c1-3-23-19(17-9-6-12-26-17)21-22-20(23)27-13-18(25)24-11-10-14(2)28-16-8-5-4-7-15(16)24/h4-9,12,14H,3,10-11,13H2,1-2H3. The lowest BCUT2D eigenvalue weighted by Crippen LogP contribution is -2.33. The summed E-state index contributed by atoms with van der Waals surface area (Å²) in [6.07, 6.45) is 0.990. The maximum Gasteiger partial charge on any atom is 0.237 e. The van der Waals surface area contributed by atoms with E-state index in [0.717, 1.165) is 41.1 Å². The Labute approximate surface area is 177 Å². The Kier molecular flexibility index (Phi) is 6.08. The van der Waals surface area contributed by atoms with Crippen LogP contribution in [0.3, 0.4) is 0 Å². The molecule has 1 atom stereocenters. The number of benzene rings is 1. The average molecular weight is 431 g/mol. The van der Waals surface area contributed by atoms with E-state index in [2.05, 4.69) is 34.7 Å². The third-order valence-corrected chi connectivity index (χ3v) is 7.70. The summed E-state index contributed by atoms with van der Waals surface area (Å²) in [7, 11) is 0. The van der Waals surface area contributed by atoms with Gasteiger partial charge in [0.25, 0.3) is 0 Å². The molecule has 0 spiro atoms. The molecule has 3 aromatic rings. The van der Waals surface area contributed by atoms with E-state index in [-0.39, 0.29) is 5.91 Å². The van der Waals surface area contributed by atoms with Crippen LogP contribution in [0.1, 0.15) is 20.3 Å². The molecule has 0 saturated carbocycles. The van der Waals surface area contributed by atoms with Crippen LogP contribution in [0, 0.1) is 0 Å². The topological polar surface area (TPSA) is 51.0 Å². The number of hydrogen-bond acceptors (Lipinski definition) is 6. The van der Waals surface area contributed by atoms with Crippen molar-refractivity contribution in [1.82, 2.24) is 14.8 Å². The Morgan fingerprint density at radius 1 is 1.25 bits per heavy atom. The summed E-state index contributed by atoms with van der Waals surface area (Å²) in [5.74, 6) is 1.35. The number of hydrogen-bond donors (Lipinski definition) is 0. The van der Waals surface area contributed by atoms with Crippen molar-refractivity contribution in [2.45, 2.75) is 42.1 Å². The molecule has 1 unspecified atom stereocenters. The largest absolute Gasteiger partial charge is 0.311 e. The molecule has 0 saturated heterocycles. The Morgan fingerprint density at radius 2 is 2.11 bits per heavy atom. The second-order valence-corrected chi connectivity index (χ2v) is 9.92. The van der Waals surface area contributed by atoms with Crippen LogP contribution in [0.4, 0.5) is 5.69 Å². The maximum atomic E-state index is 13.1. The maximum absolute atomic E-state index is 13.1. The first kappa shape index (κ1) is 19.5. The molecule has 4 rings (SSSR count). The van der Waals surface area contributed by atoms with Gasteiger partial charge in [0.2, 0.25) is 5.91 Å². The molecule has 0 radical (unpaired) electrons. The number of carbonyl (C=O) groups excluding carboxylic acids is 1. The van der Waals surface area contributed by atoms with Crippen molar-refractivity contribution in [2.75, 3.05) is 17.2 Å². The first-order chi connectivity index (χ1) is 13.7. The van der Waals surface area contributed by atoms with Gasteiger partial charge in [-0.3, -0.25) is 4.79 Å². The lowest BCUT2D eigenvalue weighted by atomic mass is 10.2. The zero-order valence-electron chi connectivity index (χ0n) is 15.9. The van der Waals surface area contributed by atoms with Crippen molar-refractivity contribution in [1.29, 1.82) is 0 Å². The van der Waals surface area contributed by atoms with Gasteiger partial charge in [0.15, 0.2) is 11.0 Å². The van der Waals surface area contributed by atoms with E-state index < -0.39 is 0 Å². The van der Waals surface area contributed by atoms with Crippen molar-refractivity contribution < 1.29 is 4.79 Å². The normalized spacial score (nSPS) is 16.6. The number of rotatable bonds is 5. The van der Waals surface area contributed by atoms with Crippen LogP contribution in [0.2, 0.25) is 0 Å². The highest BCUT2D eigenvalue weighted by atomic mass is 32.2. The Balaban J connectivity index is 1.51. The summed E-state index contributed by atoms with van der Waals surface area (Å²) in [4.78, 5) is 17.3. The van der Waals surface area contributed by atoms with Gasteiger partial charge in [-0.15, -0.1) is 33.3 Å². The third kappa shape index (κ3) is 3.99. The number of amides is 1. The number of thioether (sulfide) groups is 2. The minimum absolute atomic E-state index is 0.121. The second-order valence-electron chi connectivity index (χ2n) is 6.55. The monoisotopic (exact) mass is 430 g/mol. The van der Waals surface area contributed by atoms with Gasteiger partial charge in [-0.05, 0) is 36.9 Å². The van der Waals surface area contributed by atoms with Crippen LogP contribution >= 0.6 is 34.9 Å². The lowest BCUT2D eigenvalue weighted by Gasteiger charge is -2.22. The van der Waals surface area contributed by atoms with Crippen LogP contribution in [-0.4, -0.2) is 38.2 Å². The summed E-state index contributed by atoms with van der Waals surface area (Å²) in [6.45, 7) is 5.83. The molecule has 5 nitrogen and oxygen atoms in total. The van der Waals surface area contributed by atoms with E-state index >= 15 is 0 Å². The highest BCUT2D eigenvalue weighted by molar-refractivity contribution is 8.00. The van der Waals surface area contributed by atoms with Crippen LogP contribution in [-0.2, 0) is 11.3 Å². The van der Waals surface area contributed by atoms with Gasteiger partial charge in [0, 0.05) is 23.2 Å². The van der Waals surface area contributed by atoms with Crippen molar-refractivity contribution in [3.8, 4) is 10.7 Å². The molecule has 0 fully saturated rings. The Hall–Kier alpha value is -1.77. The van der Waals surface area contributed by atoms with Crippen molar-refractivity contribution in [3.63, 3.8) is 0 Å². The van der Waals surface area contributed by atoms with Gasteiger partial charge >= 0.3 is 0 Å². The van der Waals surface area contributed by atoms with Crippen LogP contribution < -0.4 is 4.90 Å². The van der Waals surface area contributed by atoms with Crippen molar-refractivity contribution in [2.24, 2.45) is 0 Å². The van der Waals surface area contributed by atoms with E-state index in [4.69, 9.17) is 0 Å². The zero-order valence-corrected chi connectivity index (χ0v) is 18.3. The first-order valence-corrected chi connectivity index (χ1v) is 12.1. The smallest absolute Gasteiger partial charge is 0.237 e. The highest BCUT2D eigenvalue weighted by Crippen LogP contribution is 2.37. The van der Waals surface area contributed by atoms with E-state index in [1.165, 1.54) is 16.7 Å². The molecule has 0 aliphatic carbocycles. The van der Waals surface area contributed by atoms with Gasteiger partial charge in [-0.2, -0.15) is 0 Å². The van der Waals surface area contributed by atoms with Crippen LogP contribution in [0.25, 0.3) is 10.7 Å². The number of nitrogens with zero attached hydrogens (tertiary/aromatic N) is 4. The van der Waals surface area contributed by atoms with Gasteiger partial charge in [-0.25, -0.2) is 0 Å². The van der Waals surface area contributed by atoms with Gasteiger partial charge in [0.05, 0.1) is 16.3 Å². The van der Waals surface area contributed by atoms with E-state index in [1.807, 2.05) is 52.4 Å². The summed E-state index contributed by atoms with van der Waals surface area (Å²) in [6, 6.07) is 12.3. The highest BCUT2D eigenvalue weighted by Gasteiger charge is 2.25. The number of fused-ring (bicyclic) bond motifs is 1. The summed E-state index contributed by atoms with van der Waals surface area (Å²) >= 11 is 4.97. The molecule has 1 aliphatic heterocycles. The molecule has 0 N–H and O–H groups in total. The summed E-state index contributed by atoms with van der Waals surface area (Å²) < 4.78 is 2.08. The summed E-state index contributed by atoms with van der Waals surface area (Å²) in [5.41, 5.74) is 1.03. The molecule has 1 amide bonds. The fraction of sp³-hybridized carbons (Fsp3) is 0.350. The Bertz CT molecular complexity index is 954. The molecule has 2 aromatic heterocycles. The van der Waals surface area contributed by atoms with Gasteiger partial charge < -0.3 is 9.47 Å². The molecule has 8 heteroatoms. The molecule has 146 valence electrons. The predicted molar refractivity (Wildman–Crippen MR) is 118 cm³/mol. The minimum Gasteiger partial charge on any atom is -0.311 e. The van der Waals surface area contributed by atoms with E-state index in [9.17, 15) is 4.79 Å². The molecule has 0 bridgehead atoms. The summed E-state index contributed by atoms with van der Waals surface area (Å²) in [5, 5.41) is 12.0. The van der Waals surface area contributed by atoms with Crippen molar-refractivity contribution >= 4 is 46.5 Å². The van der Waals surface area contributed by atoms with E-state index in [1.54, 1.807) is 11.3 Å². The quantitative estimate of drug-likeness (QED) is 0.531. The van der Waals surface area contributed by atoms with Crippen LogP contribution in [0.5, 0.6) is 0 Å². The molecule has 1 aromatic carbocycles. The zero-order chi connectivity index (χ0) is 19.5. The predicted octanol–water partition coefficient (Wildman–Crippen LogP) is 5.04. The Morgan fingerprint density at radius 3 is 2.89 bits per heavy atom. The number of aromatic nitrogens is 3. The third-order valence-electron chi connectivity index (χ3n) is 4.64. The molecular weight excluding hydrogens is 408 g/mol. The molecule has 1 aliphatic rings. The molecule has 28 heavy (non-hydrogen) atoms. The SMILES string of the molecule is CCn1c(SCC(=O)N2CCC(C)Sc3ccccc32)nnc1-c1cccs1. The number of para-hydroxylation sites is 1. The number of carbonyl (C=O) groups is 1. The minimum atomic E-state index is 0.121. The van der Waals surface area contributed by atoms with Gasteiger partial charge in [0.1, 0.15) is 0 Å². The van der Waals surface area contributed by atoms with Crippen molar-refractivity contribution in [3.05, 3.63) is 41.8 Å². The van der Waals surface area contributed by atoms with Gasteiger partial charge in [-0.1, -0.05) is 36.9 Å².